The Labute approximate surface area is 103 Å². The van der Waals surface area contributed by atoms with Crippen molar-refractivity contribution in [1.29, 1.82) is 0 Å². The van der Waals surface area contributed by atoms with E-state index >= 15 is 0 Å². The lowest BCUT2D eigenvalue weighted by atomic mass is 9.85. The summed E-state index contributed by atoms with van der Waals surface area (Å²) in [5.74, 6) is 0.632. The summed E-state index contributed by atoms with van der Waals surface area (Å²) in [6.45, 7) is 1.60. The molecule has 1 aromatic rings. The third kappa shape index (κ3) is 3.19. The van der Waals surface area contributed by atoms with Gasteiger partial charge in [-0.2, -0.15) is 0 Å². The van der Waals surface area contributed by atoms with E-state index in [1.807, 2.05) is 7.05 Å². The SMILES string of the molecule is CN(CC1CCC1)c1cc(F)cc(CCN)c1. The molecule has 0 atom stereocenters. The van der Waals surface area contributed by atoms with Gasteiger partial charge in [0.05, 0.1) is 0 Å². The fraction of sp³-hybridized carbons (Fsp3) is 0.571. The highest BCUT2D eigenvalue weighted by Crippen LogP contribution is 2.28. The highest BCUT2D eigenvalue weighted by atomic mass is 19.1. The first kappa shape index (κ1) is 12.4. The van der Waals surface area contributed by atoms with Gasteiger partial charge in [-0.1, -0.05) is 6.42 Å². The molecular formula is C14H21FN2. The topological polar surface area (TPSA) is 29.3 Å². The van der Waals surface area contributed by atoms with Crippen molar-refractivity contribution >= 4 is 5.69 Å². The van der Waals surface area contributed by atoms with Crippen molar-refractivity contribution in [2.75, 3.05) is 25.0 Å². The van der Waals surface area contributed by atoms with Gasteiger partial charge in [-0.25, -0.2) is 4.39 Å². The summed E-state index contributed by atoms with van der Waals surface area (Å²) in [6, 6.07) is 5.24. The molecule has 3 heteroatoms. The smallest absolute Gasteiger partial charge is 0.125 e. The molecule has 1 aliphatic carbocycles. The van der Waals surface area contributed by atoms with Crippen LogP contribution in [0.5, 0.6) is 0 Å². The van der Waals surface area contributed by atoms with Crippen LogP contribution in [0.2, 0.25) is 0 Å². The molecule has 1 fully saturated rings. The van der Waals surface area contributed by atoms with E-state index in [0.717, 1.165) is 30.1 Å². The van der Waals surface area contributed by atoms with Gasteiger partial charge in [-0.15, -0.1) is 0 Å². The van der Waals surface area contributed by atoms with Crippen LogP contribution in [0.1, 0.15) is 24.8 Å². The normalized spacial score (nSPS) is 15.7. The van der Waals surface area contributed by atoms with Crippen LogP contribution in [0.3, 0.4) is 0 Å². The van der Waals surface area contributed by atoms with Crippen LogP contribution in [0.25, 0.3) is 0 Å². The van der Waals surface area contributed by atoms with E-state index in [9.17, 15) is 4.39 Å². The maximum absolute atomic E-state index is 13.5. The summed E-state index contributed by atoms with van der Waals surface area (Å²) >= 11 is 0. The summed E-state index contributed by atoms with van der Waals surface area (Å²) in [7, 11) is 2.04. The monoisotopic (exact) mass is 236 g/mol. The molecule has 0 spiro atoms. The minimum absolute atomic E-state index is 0.161. The van der Waals surface area contributed by atoms with E-state index in [1.54, 1.807) is 12.1 Å². The Morgan fingerprint density at radius 3 is 2.71 bits per heavy atom. The number of halogens is 1. The molecule has 0 radical (unpaired) electrons. The lowest BCUT2D eigenvalue weighted by Crippen LogP contribution is -2.29. The number of nitrogens with two attached hydrogens (primary N) is 1. The van der Waals surface area contributed by atoms with E-state index < -0.39 is 0 Å². The summed E-state index contributed by atoms with van der Waals surface area (Å²) < 4.78 is 13.5. The predicted octanol–water partition coefficient (Wildman–Crippen LogP) is 2.56. The summed E-state index contributed by atoms with van der Waals surface area (Å²) in [5.41, 5.74) is 7.47. The molecule has 0 saturated heterocycles. The lowest BCUT2D eigenvalue weighted by Gasteiger charge is -2.31. The van der Waals surface area contributed by atoms with Crippen LogP contribution in [-0.2, 0) is 6.42 Å². The number of nitrogens with zero attached hydrogens (tertiary/aromatic N) is 1. The second kappa shape index (κ2) is 5.50. The van der Waals surface area contributed by atoms with Crippen LogP contribution >= 0.6 is 0 Å². The van der Waals surface area contributed by atoms with Gasteiger partial charge in [0.25, 0.3) is 0 Å². The average Bonchev–Trinajstić information content (AvgIpc) is 2.23. The van der Waals surface area contributed by atoms with Gasteiger partial charge in [-0.05, 0) is 55.5 Å². The van der Waals surface area contributed by atoms with Gasteiger partial charge in [0.15, 0.2) is 0 Å². The number of hydrogen-bond acceptors (Lipinski definition) is 2. The molecule has 0 amide bonds. The summed E-state index contributed by atoms with van der Waals surface area (Å²) in [4.78, 5) is 2.16. The second-order valence-electron chi connectivity index (χ2n) is 5.03. The van der Waals surface area contributed by atoms with Gasteiger partial charge in [0.1, 0.15) is 5.82 Å². The number of rotatable bonds is 5. The molecule has 1 aromatic carbocycles. The average molecular weight is 236 g/mol. The zero-order chi connectivity index (χ0) is 12.3. The van der Waals surface area contributed by atoms with E-state index in [2.05, 4.69) is 11.0 Å². The molecule has 0 aromatic heterocycles. The maximum Gasteiger partial charge on any atom is 0.125 e. The Kier molecular flexibility index (Phi) is 4.00. The number of hydrogen-bond donors (Lipinski definition) is 1. The first-order valence-electron chi connectivity index (χ1n) is 6.39. The Bertz CT molecular complexity index is 374. The summed E-state index contributed by atoms with van der Waals surface area (Å²) in [5, 5.41) is 0. The molecule has 94 valence electrons. The number of benzene rings is 1. The van der Waals surface area contributed by atoms with E-state index in [0.29, 0.717) is 6.54 Å². The minimum atomic E-state index is -0.161. The van der Waals surface area contributed by atoms with Crippen molar-refractivity contribution in [3.63, 3.8) is 0 Å². The Balaban J connectivity index is 2.06. The maximum atomic E-state index is 13.5. The lowest BCUT2D eigenvalue weighted by molar-refractivity contribution is 0.321. The van der Waals surface area contributed by atoms with E-state index in [-0.39, 0.29) is 5.82 Å². The molecule has 0 bridgehead atoms. The van der Waals surface area contributed by atoms with Crippen molar-refractivity contribution in [2.45, 2.75) is 25.7 Å². The second-order valence-corrected chi connectivity index (χ2v) is 5.03. The fourth-order valence-electron chi connectivity index (χ4n) is 2.33. The Morgan fingerprint density at radius 2 is 2.12 bits per heavy atom. The third-order valence-electron chi connectivity index (χ3n) is 3.57. The van der Waals surface area contributed by atoms with Crippen molar-refractivity contribution in [1.82, 2.24) is 0 Å². The standard InChI is InChI=1S/C14H21FN2/c1-17(10-11-3-2-4-11)14-8-12(5-6-16)7-13(15)9-14/h7-9,11H,2-6,10,16H2,1H3. The highest BCUT2D eigenvalue weighted by molar-refractivity contribution is 5.48. The van der Waals surface area contributed by atoms with E-state index in [1.165, 1.54) is 19.3 Å². The van der Waals surface area contributed by atoms with Gasteiger partial charge < -0.3 is 10.6 Å². The first-order valence-corrected chi connectivity index (χ1v) is 6.39. The molecular weight excluding hydrogens is 215 g/mol. The van der Waals surface area contributed by atoms with Crippen LogP contribution in [-0.4, -0.2) is 20.1 Å². The fourth-order valence-corrected chi connectivity index (χ4v) is 2.33. The van der Waals surface area contributed by atoms with Gasteiger partial charge in [-0.3, -0.25) is 0 Å². The Hall–Kier alpha value is -1.09. The number of anilines is 1. The molecule has 2 rings (SSSR count). The van der Waals surface area contributed by atoms with Gasteiger partial charge in [0, 0.05) is 19.3 Å². The van der Waals surface area contributed by atoms with Crippen LogP contribution in [0, 0.1) is 11.7 Å². The van der Waals surface area contributed by atoms with Crippen molar-refractivity contribution in [3.05, 3.63) is 29.6 Å². The van der Waals surface area contributed by atoms with Crippen molar-refractivity contribution in [3.8, 4) is 0 Å². The van der Waals surface area contributed by atoms with E-state index in [4.69, 9.17) is 5.73 Å². The highest BCUT2D eigenvalue weighted by Gasteiger charge is 2.19. The molecule has 2 N–H and O–H groups in total. The molecule has 0 unspecified atom stereocenters. The summed E-state index contributed by atoms with van der Waals surface area (Å²) in [6.07, 6.45) is 4.72. The molecule has 1 aliphatic rings. The molecule has 1 saturated carbocycles. The molecule has 0 heterocycles. The van der Waals surface area contributed by atoms with Gasteiger partial charge in [0.2, 0.25) is 0 Å². The predicted molar refractivity (Wildman–Crippen MR) is 69.8 cm³/mol. The quantitative estimate of drug-likeness (QED) is 0.851. The largest absolute Gasteiger partial charge is 0.374 e. The molecule has 0 aliphatic heterocycles. The van der Waals surface area contributed by atoms with Gasteiger partial charge >= 0.3 is 0 Å². The van der Waals surface area contributed by atoms with Crippen LogP contribution < -0.4 is 10.6 Å². The third-order valence-corrected chi connectivity index (χ3v) is 3.57. The Morgan fingerprint density at radius 1 is 1.35 bits per heavy atom. The minimum Gasteiger partial charge on any atom is -0.374 e. The van der Waals surface area contributed by atoms with Crippen molar-refractivity contribution in [2.24, 2.45) is 11.7 Å². The zero-order valence-electron chi connectivity index (χ0n) is 10.5. The molecule has 2 nitrogen and oxygen atoms in total. The van der Waals surface area contributed by atoms with Crippen molar-refractivity contribution < 1.29 is 4.39 Å². The van der Waals surface area contributed by atoms with Crippen LogP contribution in [0.15, 0.2) is 18.2 Å². The molecule has 17 heavy (non-hydrogen) atoms. The zero-order valence-corrected chi connectivity index (χ0v) is 10.5. The first-order chi connectivity index (χ1) is 8.19. The van der Waals surface area contributed by atoms with Crippen LogP contribution in [0.4, 0.5) is 10.1 Å².